The Kier molecular flexibility index (Phi) is 8.77. The average Bonchev–Trinajstić information content (AvgIpc) is 2.67. The second kappa shape index (κ2) is 10.8. The Bertz CT molecular complexity index is 1140. The van der Waals surface area contributed by atoms with Crippen LogP contribution in [0.25, 0.3) is 0 Å². The highest BCUT2D eigenvalue weighted by molar-refractivity contribution is 7.92. The van der Waals surface area contributed by atoms with Gasteiger partial charge in [0.1, 0.15) is 12.6 Å². The van der Waals surface area contributed by atoms with Gasteiger partial charge in [-0.3, -0.25) is 13.9 Å². The minimum atomic E-state index is -3.78. The highest BCUT2D eigenvalue weighted by Gasteiger charge is 2.31. The lowest BCUT2D eigenvalue weighted by atomic mass is 10.1. The van der Waals surface area contributed by atoms with Crippen LogP contribution in [-0.2, 0) is 26.2 Å². The summed E-state index contributed by atoms with van der Waals surface area (Å²) in [5.41, 5.74) is 2.31. The van der Waals surface area contributed by atoms with Gasteiger partial charge < -0.3 is 10.2 Å². The van der Waals surface area contributed by atoms with Crippen LogP contribution in [0.5, 0.6) is 0 Å². The standard InChI is InChI=1S/C25H34ClN3O4S/c1-17-12-18(2)14-21(13-17)29(34(7,32)33)16-23(30)28(15-20-10-8-9-11-22(20)26)19(3)24(31)27-25(4,5)6/h8-14,19H,15-16H2,1-7H3,(H,27,31). The molecule has 2 amide bonds. The van der Waals surface area contributed by atoms with E-state index in [1.165, 1.54) is 4.90 Å². The molecule has 2 rings (SSSR count). The van der Waals surface area contributed by atoms with E-state index in [1.54, 1.807) is 43.3 Å². The van der Waals surface area contributed by atoms with Crippen LogP contribution in [0.3, 0.4) is 0 Å². The number of anilines is 1. The lowest BCUT2D eigenvalue weighted by molar-refractivity contribution is -0.140. The zero-order valence-corrected chi connectivity index (χ0v) is 22.4. The lowest BCUT2D eigenvalue weighted by Crippen LogP contribution is -2.54. The van der Waals surface area contributed by atoms with Gasteiger partial charge in [0.15, 0.2) is 0 Å². The molecule has 0 aliphatic carbocycles. The summed E-state index contributed by atoms with van der Waals surface area (Å²) in [6.07, 6.45) is 1.06. The van der Waals surface area contributed by atoms with E-state index < -0.39 is 34.1 Å². The van der Waals surface area contributed by atoms with E-state index in [2.05, 4.69) is 5.32 Å². The molecule has 0 aliphatic rings. The molecule has 0 aromatic heterocycles. The predicted octanol–water partition coefficient (Wildman–Crippen LogP) is 4.05. The fourth-order valence-electron chi connectivity index (χ4n) is 3.58. The second-order valence-electron chi connectivity index (χ2n) is 9.64. The van der Waals surface area contributed by atoms with E-state index in [1.807, 2.05) is 40.7 Å². The fourth-order valence-corrected chi connectivity index (χ4v) is 4.60. The minimum Gasteiger partial charge on any atom is -0.350 e. The highest BCUT2D eigenvalue weighted by Crippen LogP contribution is 2.23. The second-order valence-corrected chi connectivity index (χ2v) is 12.0. The third-order valence-corrected chi connectivity index (χ3v) is 6.65. The van der Waals surface area contributed by atoms with Gasteiger partial charge >= 0.3 is 0 Å². The summed E-state index contributed by atoms with van der Waals surface area (Å²) < 4.78 is 26.4. The maximum absolute atomic E-state index is 13.6. The van der Waals surface area contributed by atoms with Crippen LogP contribution in [0.4, 0.5) is 5.69 Å². The van der Waals surface area contributed by atoms with Crippen LogP contribution < -0.4 is 9.62 Å². The molecule has 1 N–H and O–H groups in total. The van der Waals surface area contributed by atoms with E-state index in [0.29, 0.717) is 16.3 Å². The minimum absolute atomic E-state index is 0.0572. The molecule has 0 fully saturated rings. The topological polar surface area (TPSA) is 86.8 Å². The molecule has 0 saturated carbocycles. The van der Waals surface area contributed by atoms with Crippen LogP contribution >= 0.6 is 11.6 Å². The van der Waals surface area contributed by atoms with Crippen LogP contribution in [0.2, 0.25) is 5.02 Å². The zero-order valence-electron chi connectivity index (χ0n) is 20.8. The van der Waals surface area contributed by atoms with Crippen LogP contribution in [-0.4, -0.2) is 49.5 Å². The number of amides is 2. The Balaban J connectivity index is 2.45. The molecule has 0 aliphatic heterocycles. The molecule has 0 saturated heterocycles. The van der Waals surface area contributed by atoms with Gasteiger partial charge in [-0.1, -0.05) is 35.9 Å². The number of hydrogen-bond acceptors (Lipinski definition) is 4. The molecule has 2 aromatic rings. The molecular weight excluding hydrogens is 474 g/mol. The van der Waals surface area contributed by atoms with Gasteiger partial charge in [-0.05, 0) is 76.4 Å². The van der Waals surface area contributed by atoms with E-state index in [-0.39, 0.29) is 12.5 Å². The van der Waals surface area contributed by atoms with Crippen LogP contribution in [0.1, 0.15) is 44.4 Å². The number of benzene rings is 2. The molecule has 34 heavy (non-hydrogen) atoms. The predicted molar refractivity (Wildman–Crippen MR) is 137 cm³/mol. The number of sulfonamides is 1. The van der Waals surface area contributed by atoms with Crippen molar-refractivity contribution in [3.05, 3.63) is 64.2 Å². The smallest absolute Gasteiger partial charge is 0.244 e. The molecule has 7 nitrogen and oxygen atoms in total. The molecule has 0 heterocycles. The molecule has 0 radical (unpaired) electrons. The number of nitrogens with zero attached hydrogens (tertiary/aromatic N) is 2. The van der Waals surface area contributed by atoms with Gasteiger partial charge in [-0.25, -0.2) is 8.42 Å². The quantitative estimate of drug-likeness (QED) is 0.583. The lowest BCUT2D eigenvalue weighted by Gasteiger charge is -2.33. The summed E-state index contributed by atoms with van der Waals surface area (Å²) >= 11 is 6.33. The van der Waals surface area contributed by atoms with Gasteiger partial charge in [0.25, 0.3) is 0 Å². The van der Waals surface area contributed by atoms with Crippen molar-refractivity contribution in [1.82, 2.24) is 10.2 Å². The monoisotopic (exact) mass is 507 g/mol. The van der Waals surface area contributed by atoms with E-state index in [0.717, 1.165) is 21.7 Å². The van der Waals surface area contributed by atoms with Gasteiger partial charge in [0.2, 0.25) is 21.8 Å². The number of hydrogen-bond donors (Lipinski definition) is 1. The Morgan fingerprint density at radius 2 is 1.62 bits per heavy atom. The number of aryl methyl sites for hydroxylation is 2. The van der Waals surface area contributed by atoms with Gasteiger partial charge in [-0.2, -0.15) is 0 Å². The number of carbonyl (C=O) groups excluding carboxylic acids is 2. The van der Waals surface area contributed by atoms with Crippen molar-refractivity contribution >= 4 is 39.1 Å². The summed E-state index contributed by atoms with van der Waals surface area (Å²) in [4.78, 5) is 27.9. The van der Waals surface area contributed by atoms with Crippen LogP contribution in [0, 0.1) is 13.8 Å². The van der Waals surface area contributed by atoms with Crippen molar-refractivity contribution in [3.8, 4) is 0 Å². The van der Waals surface area contributed by atoms with Crippen molar-refractivity contribution in [2.75, 3.05) is 17.1 Å². The number of carbonyl (C=O) groups is 2. The first-order chi connectivity index (χ1) is 15.6. The molecule has 1 unspecified atom stereocenters. The Morgan fingerprint density at radius 1 is 1.06 bits per heavy atom. The summed E-state index contributed by atoms with van der Waals surface area (Å²) in [6, 6.07) is 11.6. The van der Waals surface area contributed by atoms with E-state index in [4.69, 9.17) is 11.6 Å². The van der Waals surface area contributed by atoms with Crippen molar-refractivity contribution in [1.29, 1.82) is 0 Å². The maximum atomic E-state index is 13.6. The summed E-state index contributed by atoms with van der Waals surface area (Å²) in [5.74, 6) is -0.855. The first-order valence-corrected chi connectivity index (χ1v) is 13.2. The molecule has 2 aromatic carbocycles. The van der Waals surface area contributed by atoms with Crippen molar-refractivity contribution in [2.45, 2.75) is 59.7 Å². The summed E-state index contributed by atoms with van der Waals surface area (Å²) in [7, 11) is -3.78. The van der Waals surface area contributed by atoms with E-state index >= 15 is 0 Å². The Labute approximate surface area is 208 Å². The van der Waals surface area contributed by atoms with Crippen molar-refractivity contribution in [2.24, 2.45) is 0 Å². The van der Waals surface area contributed by atoms with E-state index in [9.17, 15) is 18.0 Å². The molecular formula is C25H34ClN3O4S. The number of halogens is 1. The summed E-state index contributed by atoms with van der Waals surface area (Å²) in [6.45, 7) is 10.5. The molecule has 0 spiro atoms. The number of nitrogens with one attached hydrogen (secondary N) is 1. The maximum Gasteiger partial charge on any atom is 0.244 e. The Hall–Kier alpha value is -2.58. The largest absolute Gasteiger partial charge is 0.350 e. The Morgan fingerprint density at radius 3 is 2.12 bits per heavy atom. The van der Waals surface area contributed by atoms with Gasteiger partial charge in [-0.15, -0.1) is 0 Å². The third-order valence-electron chi connectivity index (χ3n) is 5.14. The number of rotatable bonds is 8. The molecule has 1 atom stereocenters. The highest BCUT2D eigenvalue weighted by atomic mass is 35.5. The third kappa shape index (κ3) is 7.74. The summed E-state index contributed by atoms with van der Waals surface area (Å²) in [5, 5.41) is 3.34. The average molecular weight is 508 g/mol. The SMILES string of the molecule is Cc1cc(C)cc(N(CC(=O)N(Cc2ccccc2Cl)C(C)C(=O)NC(C)(C)C)S(C)(=O)=O)c1. The van der Waals surface area contributed by atoms with Crippen LogP contribution in [0.15, 0.2) is 42.5 Å². The van der Waals surface area contributed by atoms with Gasteiger partial charge in [0.05, 0.1) is 11.9 Å². The van der Waals surface area contributed by atoms with Crippen molar-refractivity contribution in [3.63, 3.8) is 0 Å². The fraction of sp³-hybridized carbons (Fsp3) is 0.440. The normalized spacial score (nSPS) is 12.7. The van der Waals surface area contributed by atoms with Gasteiger partial charge in [0, 0.05) is 17.1 Å². The first kappa shape index (κ1) is 27.7. The molecule has 0 bridgehead atoms. The first-order valence-electron chi connectivity index (χ1n) is 11.0. The van der Waals surface area contributed by atoms with Crippen molar-refractivity contribution < 1.29 is 18.0 Å². The molecule has 9 heteroatoms. The molecule has 186 valence electrons. The zero-order chi connectivity index (χ0) is 25.8.